The van der Waals surface area contributed by atoms with Crippen molar-refractivity contribution < 1.29 is 4.21 Å². The van der Waals surface area contributed by atoms with Crippen LogP contribution in [0.25, 0.3) is 0 Å². The fraction of sp³-hybridized carbons (Fsp3) is 0.545. The lowest BCUT2D eigenvalue weighted by molar-refractivity contribution is 0.623. The summed E-state index contributed by atoms with van der Waals surface area (Å²) in [4.78, 5) is 4.10. The Bertz CT molecular complexity index is 357. The zero-order valence-corrected chi connectivity index (χ0v) is 9.72. The largest absolute Gasteiger partial charge is 0.381 e. The molecule has 0 atom stereocenters. The number of anilines is 1. The van der Waals surface area contributed by atoms with E-state index in [1.54, 1.807) is 6.20 Å². The van der Waals surface area contributed by atoms with Gasteiger partial charge >= 0.3 is 0 Å². The van der Waals surface area contributed by atoms with Gasteiger partial charge in [0, 0.05) is 34.5 Å². The van der Waals surface area contributed by atoms with Gasteiger partial charge in [0.05, 0.1) is 11.9 Å². The van der Waals surface area contributed by atoms with Crippen molar-refractivity contribution in [2.24, 2.45) is 0 Å². The first-order valence-electron chi connectivity index (χ1n) is 5.28. The van der Waals surface area contributed by atoms with E-state index < -0.39 is 10.8 Å². The maximum atomic E-state index is 11.2. The second kappa shape index (κ2) is 4.75. The zero-order valence-electron chi connectivity index (χ0n) is 8.90. The number of rotatable bonds is 2. The minimum absolute atomic E-state index is 0.464. The second-order valence-electron chi connectivity index (χ2n) is 3.96. The van der Waals surface area contributed by atoms with E-state index in [-0.39, 0.29) is 0 Å². The lowest BCUT2D eigenvalue weighted by Gasteiger charge is -2.24. The van der Waals surface area contributed by atoms with Gasteiger partial charge in [-0.25, -0.2) is 0 Å². The molecule has 0 unspecified atom stereocenters. The molecule has 82 valence electrons. The number of aromatic nitrogens is 1. The summed E-state index contributed by atoms with van der Waals surface area (Å²) < 4.78 is 11.2. The van der Waals surface area contributed by atoms with Gasteiger partial charge in [0.1, 0.15) is 0 Å². The first-order chi connectivity index (χ1) is 7.25. The Morgan fingerprint density at radius 1 is 1.47 bits per heavy atom. The van der Waals surface area contributed by atoms with Crippen LogP contribution in [0.1, 0.15) is 18.4 Å². The summed E-state index contributed by atoms with van der Waals surface area (Å²) in [5.74, 6) is 1.66. The predicted molar refractivity (Wildman–Crippen MR) is 63.5 cm³/mol. The predicted octanol–water partition coefficient (Wildman–Crippen LogP) is 1.71. The average Bonchev–Trinajstić information content (AvgIpc) is 2.25. The molecular weight excluding hydrogens is 208 g/mol. The molecule has 2 rings (SSSR count). The monoisotopic (exact) mass is 224 g/mol. The number of nitrogens with one attached hydrogen (secondary N) is 1. The third kappa shape index (κ3) is 2.78. The maximum Gasteiger partial charge on any atom is 0.0558 e. The number of aryl methyl sites for hydroxylation is 1. The highest BCUT2D eigenvalue weighted by Gasteiger charge is 2.17. The summed E-state index contributed by atoms with van der Waals surface area (Å²) in [5.41, 5.74) is 2.33. The molecule has 1 saturated heterocycles. The van der Waals surface area contributed by atoms with Crippen molar-refractivity contribution in [2.45, 2.75) is 25.8 Å². The summed E-state index contributed by atoms with van der Waals surface area (Å²) in [5, 5.41) is 3.47. The average molecular weight is 224 g/mol. The number of pyridine rings is 1. The first kappa shape index (κ1) is 10.6. The van der Waals surface area contributed by atoms with Crippen molar-refractivity contribution in [1.29, 1.82) is 0 Å². The van der Waals surface area contributed by atoms with Crippen LogP contribution in [0.15, 0.2) is 18.5 Å². The highest BCUT2D eigenvalue weighted by atomic mass is 32.2. The van der Waals surface area contributed by atoms with Crippen LogP contribution in [0, 0.1) is 6.92 Å². The van der Waals surface area contributed by atoms with E-state index in [4.69, 9.17) is 0 Å². The fourth-order valence-electron chi connectivity index (χ4n) is 1.77. The molecule has 4 heteroatoms. The standard InChI is InChI=1S/C11H16N2OS/c1-9-2-5-12-8-11(9)13-10-3-6-15(14)7-4-10/h2,5,8,10,13H,3-4,6-7H2,1H3. The number of nitrogens with zero attached hydrogens (tertiary/aromatic N) is 1. The van der Waals surface area contributed by atoms with Crippen LogP contribution in [0.5, 0.6) is 0 Å². The molecule has 1 fully saturated rings. The molecule has 15 heavy (non-hydrogen) atoms. The van der Waals surface area contributed by atoms with E-state index in [1.807, 2.05) is 12.3 Å². The first-order valence-corrected chi connectivity index (χ1v) is 6.76. The van der Waals surface area contributed by atoms with Crippen LogP contribution in [0.4, 0.5) is 5.69 Å². The van der Waals surface area contributed by atoms with E-state index in [2.05, 4.69) is 17.2 Å². The van der Waals surface area contributed by atoms with E-state index in [0.29, 0.717) is 6.04 Å². The number of hydrogen-bond acceptors (Lipinski definition) is 3. The zero-order chi connectivity index (χ0) is 10.7. The van der Waals surface area contributed by atoms with Gasteiger partial charge in [0.25, 0.3) is 0 Å². The molecule has 0 amide bonds. The molecular formula is C11H16N2OS. The Kier molecular flexibility index (Phi) is 3.36. The van der Waals surface area contributed by atoms with Crippen LogP contribution in [0.3, 0.4) is 0 Å². The molecule has 0 aromatic carbocycles. The lowest BCUT2D eigenvalue weighted by atomic mass is 10.1. The molecule has 1 aromatic rings. The summed E-state index contributed by atoms with van der Waals surface area (Å²) in [6.45, 7) is 2.07. The third-order valence-electron chi connectivity index (χ3n) is 2.79. The number of hydrogen-bond donors (Lipinski definition) is 1. The minimum Gasteiger partial charge on any atom is -0.381 e. The fourth-order valence-corrected chi connectivity index (χ4v) is 3.07. The molecule has 0 saturated carbocycles. The Labute approximate surface area is 92.8 Å². The molecule has 1 aromatic heterocycles. The molecule has 3 nitrogen and oxygen atoms in total. The van der Waals surface area contributed by atoms with Crippen LogP contribution in [-0.2, 0) is 10.8 Å². The Morgan fingerprint density at radius 2 is 2.20 bits per heavy atom. The van der Waals surface area contributed by atoms with Crippen LogP contribution < -0.4 is 5.32 Å². The van der Waals surface area contributed by atoms with E-state index >= 15 is 0 Å². The molecule has 1 aliphatic rings. The molecule has 2 heterocycles. The Balaban J connectivity index is 1.97. The summed E-state index contributed by atoms with van der Waals surface area (Å²) in [6, 6.07) is 2.47. The maximum absolute atomic E-state index is 11.2. The van der Waals surface area contributed by atoms with Crippen molar-refractivity contribution in [3.63, 3.8) is 0 Å². The van der Waals surface area contributed by atoms with Gasteiger partial charge in [-0.05, 0) is 31.4 Å². The molecule has 0 radical (unpaired) electrons. The van der Waals surface area contributed by atoms with Crippen molar-refractivity contribution in [2.75, 3.05) is 16.8 Å². The summed E-state index contributed by atoms with van der Waals surface area (Å²) >= 11 is 0. The van der Waals surface area contributed by atoms with E-state index in [1.165, 1.54) is 5.56 Å². The quantitative estimate of drug-likeness (QED) is 0.831. The van der Waals surface area contributed by atoms with Crippen LogP contribution >= 0.6 is 0 Å². The topological polar surface area (TPSA) is 42.0 Å². The van der Waals surface area contributed by atoms with Crippen molar-refractivity contribution >= 4 is 16.5 Å². The third-order valence-corrected chi connectivity index (χ3v) is 4.17. The van der Waals surface area contributed by atoms with Crippen molar-refractivity contribution in [1.82, 2.24) is 4.98 Å². The lowest BCUT2D eigenvalue weighted by Crippen LogP contribution is -2.29. The van der Waals surface area contributed by atoms with Gasteiger partial charge in [-0.3, -0.25) is 9.19 Å². The minimum atomic E-state index is -0.580. The SMILES string of the molecule is Cc1ccncc1NC1CCS(=O)CC1. The molecule has 1 N–H and O–H groups in total. The highest BCUT2D eigenvalue weighted by Crippen LogP contribution is 2.18. The van der Waals surface area contributed by atoms with Crippen LogP contribution in [-0.4, -0.2) is 26.7 Å². The van der Waals surface area contributed by atoms with E-state index in [9.17, 15) is 4.21 Å². The molecule has 0 bridgehead atoms. The van der Waals surface area contributed by atoms with Gasteiger partial charge in [-0.15, -0.1) is 0 Å². The Morgan fingerprint density at radius 3 is 2.87 bits per heavy atom. The molecule has 0 aliphatic carbocycles. The summed E-state index contributed by atoms with van der Waals surface area (Å²) in [7, 11) is -0.580. The molecule has 0 spiro atoms. The smallest absolute Gasteiger partial charge is 0.0558 e. The second-order valence-corrected chi connectivity index (χ2v) is 5.65. The highest BCUT2D eigenvalue weighted by molar-refractivity contribution is 7.85. The van der Waals surface area contributed by atoms with E-state index in [0.717, 1.165) is 30.0 Å². The van der Waals surface area contributed by atoms with Gasteiger partial charge in [-0.1, -0.05) is 0 Å². The van der Waals surface area contributed by atoms with Crippen molar-refractivity contribution in [3.05, 3.63) is 24.0 Å². The Hall–Kier alpha value is -0.900. The summed E-state index contributed by atoms with van der Waals surface area (Å²) in [6.07, 6.45) is 5.67. The van der Waals surface area contributed by atoms with Gasteiger partial charge in [-0.2, -0.15) is 0 Å². The van der Waals surface area contributed by atoms with Crippen LogP contribution in [0.2, 0.25) is 0 Å². The normalized spacial score (nSPS) is 26.2. The van der Waals surface area contributed by atoms with Crippen molar-refractivity contribution in [3.8, 4) is 0 Å². The van der Waals surface area contributed by atoms with Gasteiger partial charge in [0.2, 0.25) is 0 Å². The van der Waals surface area contributed by atoms with Gasteiger partial charge < -0.3 is 5.32 Å². The van der Waals surface area contributed by atoms with Gasteiger partial charge in [0.15, 0.2) is 0 Å². The molecule has 1 aliphatic heterocycles.